The van der Waals surface area contributed by atoms with Crippen molar-refractivity contribution in [2.75, 3.05) is 5.32 Å². The molecular formula is C23H16Cl2N2O. The van der Waals surface area contributed by atoms with E-state index in [2.05, 4.69) is 5.32 Å². The molecule has 0 fully saturated rings. The topological polar surface area (TPSA) is 42.0 Å². The lowest BCUT2D eigenvalue weighted by molar-refractivity contribution is 0.102. The van der Waals surface area contributed by atoms with Crippen molar-refractivity contribution in [1.29, 1.82) is 0 Å². The van der Waals surface area contributed by atoms with Crippen molar-refractivity contribution in [2.24, 2.45) is 0 Å². The van der Waals surface area contributed by atoms with Gasteiger partial charge in [-0.3, -0.25) is 4.79 Å². The number of nitrogens with zero attached hydrogens (tertiary/aromatic N) is 1. The van der Waals surface area contributed by atoms with E-state index in [0.717, 1.165) is 22.0 Å². The minimum Gasteiger partial charge on any atom is -0.322 e. The molecule has 5 heteroatoms. The fraction of sp³-hybridized carbons (Fsp3) is 0.0435. The molecule has 4 aromatic rings. The number of fused-ring (bicyclic) bond motifs is 1. The Kier molecular flexibility index (Phi) is 5.03. The number of amides is 1. The largest absolute Gasteiger partial charge is 0.322 e. The van der Waals surface area contributed by atoms with Crippen LogP contribution in [0, 0.1) is 6.92 Å². The lowest BCUT2D eigenvalue weighted by Gasteiger charge is -2.11. The van der Waals surface area contributed by atoms with Gasteiger partial charge in [-0.25, -0.2) is 4.98 Å². The maximum Gasteiger partial charge on any atom is 0.256 e. The summed E-state index contributed by atoms with van der Waals surface area (Å²) in [6, 6.07) is 22.2. The van der Waals surface area contributed by atoms with Gasteiger partial charge < -0.3 is 5.32 Å². The molecule has 1 heterocycles. The number of hydrogen-bond acceptors (Lipinski definition) is 2. The molecule has 0 radical (unpaired) electrons. The third-order valence-corrected chi connectivity index (χ3v) is 5.19. The Hall–Kier alpha value is -2.88. The first kappa shape index (κ1) is 18.5. The quantitative estimate of drug-likeness (QED) is 0.407. The number of rotatable bonds is 3. The second kappa shape index (κ2) is 7.63. The van der Waals surface area contributed by atoms with Gasteiger partial charge >= 0.3 is 0 Å². The number of aryl methyl sites for hydroxylation is 1. The number of carbonyl (C=O) groups excluding carboxylic acids is 1. The predicted molar refractivity (Wildman–Crippen MR) is 116 cm³/mol. The molecule has 1 N–H and O–H groups in total. The predicted octanol–water partition coefficient (Wildman–Crippen LogP) is 6.77. The Labute approximate surface area is 172 Å². The Morgan fingerprint density at radius 3 is 2.43 bits per heavy atom. The minimum absolute atomic E-state index is 0.214. The van der Waals surface area contributed by atoms with Crippen LogP contribution in [0.3, 0.4) is 0 Å². The van der Waals surface area contributed by atoms with Crippen molar-refractivity contribution in [1.82, 2.24) is 4.98 Å². The van der Waals surface area contributed by atoms with Crippen LogP contribution in [0.1, 0.15) is 15.9 Å². The third-order valence-electron chi connectivity index (χ3n) is 4.53. The molecule has 0 spiro atoms. The second-order valence-corrected chi connectivity index (χ2v) is 7.34. The monoisotopic (exact) mass is 406 g/mol. The summed E-state index contributed by atoms with van der Waals surface area (Å²) in [5, 5.41) is 4.98. The van der Waals surface area contributed by atoms with E-state index in [0.29, 0.717) is 27.0 Å². The van der Waals surface area contributed by atoms with E-state index < -0.39 is 0 Å². The molecule has 0 aliphatic heterocycles. The van der Waals surface area contributed by atoms with E-state index in [-0.39, 0.29) is 5.91 Å². The van der Waals surface area contributed by atoms with Crippen LogP contribution in [-0.2, 0) is 0 Å². The van der Waals surface area contributed by atoms with E-state index >= 15 is 0 Å². The molecule has 0 unspecified atom stereocenters. The summed E-state index contributed by atoms with van der Waals surface area (Å²) in [6.07, 6.45) is 0. The molecule has 0 bridgehead atoms. The van der Waals surface area contributed by atoms with E-state index in [4.69, 9.17) is 28.2 Å². The maximum atomic E-state index is 13.1. The zero-order valence-electron chi connectivity index (χ0n) is 15.0. The van der Waals surface area contributed by atoms with E-state index in [1.807, 2.05) is 67.6 Å². The number of pyridine rings is 1. The Balaban J connectivity index is 1.79. The molecular weight excluding hydrogens is 391 g/mol. The van der Waals surface area contributed by atoms with Crippen molar-refractivity contribution in [2.45, 2.75) is 6.92 Å². The van der Waals surface area contributed by atoms with Gasteiger partial charge in [0.1, 0.15) is 0 Å². The number of benzene rings is 3. The van der Waals surface area contributed by atoms with Gasteiger partial charge in [0, 0.05) is 26.7 Å². The molecule has 0 atom stereocenters. The molecule has 0 saturated carbocycles. The molecule has 0 aliphatic rings. The fourth-order valence-electron chi connectivity index (χ4n) is 3.00. The van der Waals surface area contributed by atoms with E-state index in [1.165, 1.54) is 0 Å². The van der Waals surface area contributed by atoms with Crippen LogP contribution < -0.4 is 5.32 Å². The van der Waals surface area contributed by atoms with Gasteiger partial charge in [0.25, 0.3) is 5.91 Å². The van der Waals surface area contributed by atoms with Gasteiger partial charge in [0.05, 0.1) is 16.8 Å². The van der Waals surface area contributed by atoms with Crippen molar-refractivity contribution < 1.29 is 4.79 Å². The smallest absolute Gasteiger partial charge is 0.256 e. The number of para-hydroxylation sites is 1. The van der Waals surface area contributed by atoms with Crippen molar-refractivity contribution in [3.05, 3.63) is 94.0 Å². The lowest BCUT2D eigenvalue weighted by atomic mass is 10.0. The maximum absolute atomic E-state index is 13.1. The average molecular weight is 407 g/mol. The lowest BCUT2D eigenvalue weighted by Crippen LogP contribution is -2.13. The van der Waals surface area contributed by atoms with Crippen LogP contribution in [0.2, 0.25) is 10.0 Å². The van der Waals surface area contributed by atoms with Gasteiger partial charge in [0.15, 0.2) is 0 Å². The second-order valence-electron chi connectivity index (χ2n) is 6.50. The third kappa shape index (κ3) is 3.72. The average Bonchev–Trinajstić information content (AvgIpc) is 2.70. The Bertz CT molecular complexity index is 1190. The molecule has 3 aromatic carbocycles. The zero-order chi connectivity index (χ0) is 19.7. The number of aromatic nitrogens is 1. The normalized spacial score (nSPS) is 10.8. The molecule has 1 aromatic heterocycles. The Morgan fingerprint density at radius 2 is 1.68 bits per heavy atom. The first-order valence-corrected chi connectivity index (χ1v) is 9.50. The SMILES string of the molecule is Cc1ccc(NC(=O)c2cc(-c3ccc(Cl)cc3)nc3ccccc23)cc1Cl. The summed E-state index contributed by atoms with van der Waals surface area (Å²) in [5.41, 5.74) is 4.51. The first-order chi connectivity index (χ1) is 13.5. The number of hydrogen-bond donors (Lipinski definition) is 1. The molecule has 0 aliphatic carbocycles. The highest BCUT2D eigenvalue weighted by molar-refractivity contribution is 6.31. The summed E-state index contributed by atoms with van der Waals surface area (Å²) in [4.78, 5) is 17.8. The molecule has 3 nitrogen and oxygen atoms in total. The number of carbonyl (C=O) groups is 1. The van der Waals surface area contributed by atoms with Gasteiger partial charge in [-0.2, -0.15) is 0 Å². The van der Waals surface area contributed by atoms with Crippen LogP contribution in [0.5, 0.6) is 0 Å². The van der Waals surface area contributed by atoms with Crippen molar-refractivity contribution in [3.63, 3.8) is 0 Å². The highest BCUT2D eigenvalue weighted by Crippen LogP contribution is 2.27. The minimum atomic E-state index is -0.214. The van der Waals surface area contributed by atoms with Gasteiger partial charge in [-0.1, -0.05) is 59.6 Å². The number of nitrogens with one attached hydrogen (secondary N) is 1. The highest BCUT2D eigenvalue weighted by Gasteiger charge is 2.14. The summed E-state index contributed by atoms with van der Waals surface area (Å²) in [6.45, 7) is 1.92. The molecule has 1 amide bonds. The standard InChI is InChI=1S/C23H16Cl2N2O/c1-14-6-11-17(12-20(14)25)26-23(28)19-13-22(15-7-9-16(24)10-8-15)27-21-5-3-2-4-18(19)21/h2-13H,1H3,(H,26,28). The van der Waals surface area contributed by atoms with E-state index in [9.17, 15) is 4.79 Å². The Morgan fingerprint density at radius 1 is 0.929 bits per heavy atom. The molecule has 4 rings (SSSR count). The van der Waals surface area contributed by atoms with Gasteiger partial charge in [-0.05, 0) is 48.9 Å². The van der Waals surface area contributed by atoms with Crippen molar-refractivity contribution in [3.8, 4) is 11.3 Å². The van der Waals surface area contributed by atoms with Crippen LogP contribution in [0.15, 0.2) is 72.8 Å². The van der Waals surface area contributed by atoms with E-state index in [1.54, 1.807) is 12.1 Å². The molecule has 138 valence electrons. The van der Waals surface area contributed by atoms with Crippen molar-refractivity contribution >= 4 is 45.7 Å². The fourth-order valence-corrected chi connectivity index (χ4v) is 3.31. The van der Waals surface area contributed by atoms with Crippen LogP contribution >= 0.6 is 23.2 Å². The van der Waals surface area contributed by atoms with Crippen LogP contribution in [0.25, 0.3) is 22.2 Å². The van der Waals surface area contributed by atoms with Gasteiger partial charge in [0.2, 0.25) is 0 Å². The highest BCUT2D eigenvalue weighted by atomic mass is 35.5. The summed E-state index contributed by atoms with van der Waals surface area (Å²) >= 11 is 12.2. The summed E-state index contributed by atoms with van der Waals surface area (Å²) in [5.74, 6) is -0.214. The zero-order valence-corrected chi connectivity index (χ0v) is 16.6. The molecule has 0 saturated heterocycles. The van der Waals surface area contributed by atoms with Gasteiger partial charge in [-0.15, -0.1) is 0 Å². The summed E-state index contributed by atoms with van der Waals surface area (Å²) < 4.78 is 0. The van der Waals surface area contributed by atoms with Crippen LogP contribution in [-0.4, -0.2) is 10.9 Å². The van der Waals surface area contributed by atoms with Crippen LogP contribution in [0.4, 0.5) is 5.69 Å². The number of anilines is 1. The number of halogens is 2. The summed E-state index contributed by atoms with van der Waals surface area (Å²) in [7, 11) is 0. The first-order valence-electron chi connectivity index (χ1n) is 8.74. The molecule has 28 heavy (non-hydrogen) atoms.